The molecule has 0 spiro atoms. The van der Waals surface area contributed by atoms with Crippen molar-refractivity contribution in [2.45, 2.75) is 0 Å². The summed E-state index contributed by atoms with van der Waals surface area (Å²) in [4.78, 5) is 12.3. The largest absolute Gasteiger partial charge is 0.455 e. The third-order valence-corrected chi connectivity index (χ3v) is 4.43. The zero-order valence-electron chi connectivity index (χ0n) is 12.9. The van der Waals surface area contributed by atoms with Crippen LogP contribution in [0.3, 0.4) is 0 Å². The predicted octanol–water partition coefficient (Wildman–Crippen LogP) is 3.30. The number of hydrogen-bond donors (Lipinski definition) is 2. The molecule has 130 valence electrons. The van der Waals surface area contributed by atoms with Crippen molar-refractivity contribution in [1.82, 2.24) is 0 Å². The maximum atomic E-state index is 12.3. The maximum Gasteiger partial charge on any atom is 0.229 e. The van der Waals surface area contributed by atoms with Crippen molar-refractivity contribution in [3.63, 3.8) is 0 Å². The number of nitrogens with one attached hydrogen (secondary N) is 1. The molecule has 3 aromatic rings. The smallest absolute Gasteiger partial charge is 0.229 e. The molecule has 0 aliphatic rings. The standard InChI is InChI=1S/C16H13BrN2O5S/c1-25(21,22)19-11-8-12-10(15(20)14(18)16(17)24-12)7-13(11)23-9-5-3-2-4-6-9/h2-8,19H,18H2,1H3. The first kappa shape index (κ1) is 17.3. The summed E-state index contributed by atoms with van der Waals surface area (Å²) in [7, 11) is -3.58. The number of ether oxygens (including phenoxy) is 1. The van der Waals surface area contributed by atoms with Crippen LogP contribution in [-0.4, -0.2) is 14.7 Å². The molecule has 0 atom stereocenters. The lowest BCUT2D eigenvalue weighted by molar-refractivity contribution is 0.484. The van der Waals surface area contributed by atoms with Gasteiger partial charge in [-0.2, -0.15) is 0 Å². The number of nitrogen functional groups attached to an aromatic ring is 1. The summed E-state index contributed by atoms with van der Waals surface area (Å²) in [6, 6.07) is 11.5. The second kappa shape index (κ2) is 6.41. The second-order valence-electron chi connectivity index (χ2n) is 5.25. The number of nitrogens with two attached hydrogens (primary N) is 1. The quantitative estimate of drug-likeness (QED) is 0.664. The van der Waals surface area contributed by atoms with E-state index in [0.29, 0.717) is 5.75 Å². The van der Waals surface area contributed by atoms with E-state index in [9.17, 15) is 13.2 Å². The Hall–Kier alpha value is -2.52. The lowest BCUT2D eigenvalue weighted by Crippen LogP contribution is -2.12. The lowest BCUT2D eigenvalue weighted by Gasteiger charge is -2.13. The van der Waals surface area contributed by atoms with Crippen LogP contribution in [-0.2, 0) is 10.0 Å². The molecule has 3 rings (SSSR count). The fraction of sp³-hybridized carbons (Fsp3) is 0.0625. The highest BCUT2D eigenvalue weighted by Gasteiger charge is 2.17. The molecule has 0 amide bonds. The molecule has 0 bridgehead atoms. The van der Waals surface area contributed by atoms with Crippen molar-refractivity contribution in [3.8, 4) is 11.5 Å². The Morgan fingerprint density at radius 1 is 1.20 bits per heavy atom. The van der Waals surface area contributed by atoms with E-state index in [1.807, 2.05) is 6.07 Å². The Labute approximate surface area is 151 Å². The maximum absolute atomic E-state index is 12.3. The first-order chi connectivity index (χ1) is 11.7. The molecular formula is C16H13BrN2O5S. The van der Waals surface area contributed by atoms with Gasteiger partial charge in [-0.3, -0.25) is 9.52 Å². The average molecular weight is 425 g/mol. The van der Waals surface area contributed by atoms with Gasteiger partial charge < -0.3 is 14.9 Å². The monoisotopic (exact) mass is 424 g/mol. The Kier molecular flexibility index (Phi) is 4.44. The molecule has 7 nitrogen and oxygen atoms in total. The number of rotatable bonds is 4. The van der Waals surface area contributed by atoms with Gasteiger partial charge in [-0.05, 0) is 34.1 Å². The zero-order valence-corrected chi connectivity index (χ0v) is 15.3. The van der Waals surface area contributed by atoms with Gasteiger partial charge in [-0.1, -0.05) is 18.2 Å². The highest BCUT2D eigenvalue weighted by molar-refractivity contribution is 9.10. The Morgan fingerprint density at radius 3 is 2.52 bits per heavy atom. The summed E-state index contributed by atoms with van der Waals surface area (Å²) in [5.41, 5.74) is 5.46. The lowest BCUT2D eigenvalue weighted by atomic mass is 10.2. The van der Waals surface area contributed by atoms with Gasteiger partial charge in [0.25, 0.3) is 0 Å². The van der Waals surface area contributed by atoms with E-state index in [2.05, 4.69) is 20.7 Å². The van der Waals surface area contributed by atoms with Crippen LogP contribution in [0.25, 0.3) is 11.0 Å². The summed E-state index contributed by atoms with van der Waals surface area (Å²) in [6.07, 6.45) is 1.01. The number of sulfonamides is 1. The van der Waals surface area contributed by atoms with Crippen molar-refractivity contribution in [1.29, 1.82) is 0 Å². The first-order valence-electron chi connectivity index (χ1n) is 7.01. The molecule has 0 saturated carbocycles. The Balaban J connectivity index is 2.24. The minimum Gasteiger partial charge on any atom is -0.455 e. The van der Waals surface area contributed by atoms with Crippen LogP contribution in [0.2, 0.25) is 0 Å². The number of anilines is 2. The summed E-state index contributed by atoms with van der Waals surface area (Å²) < 4.78 is 36.9. The Bertz CT molecular complexity index is 1110. The fourth-order valence-corrected chi connectivity index (χ4v) is 3.10. The van der Waals surface area contributed by atoms with E-state index >= 15 is 0 Å². The van der Waals surface area contributed by atoms with Crippen LogP contribution in [0.1, 0.15) is 0 Å². The zero-order chi connectivity index (χ0) is 18.2. The molecule has 0 fully saturated rings. The van der Waals surface area contributed by atoms with Crippen LogP contribution in [0, 0.1) is 0 Å². The molecule has 2 aromatic carbocycles. The molecule has 25 heavy (non-hydrogen) atoms. The molecule has 3 N–H and O–H groups in total. The molecule has 1 heterocycles. The van der Waals surface area contributed by atoms with Gasteiger partial charge in [-0.15, -0.1) is 0 Å². The van der Waals surface area contributed by atoms with Crippen LogP contribution in [0.15, 0.2) is 56.3 Å². The van der Waals surface area contributed by atoms with Crippen LogP contribution in [0.4, 0.5) is 11.4 Å². The van der Waals surface area contributed by atoms with Crippen LogP contribution < -0.4 is 20.6 Å². The number of benzene rings is 2. The van der Waals surface area contributed by atoms with Crippen molar-refractivity contribution >= 4 is 48.3 Å². The second-order valence-corrected chi connectivity index (χ2v) is 7.72. The minimum atomic E-state index is -3.58. The number of fused-ring (bicyclic) bond motifs is 1. The van der Waals surface area contributed by atoms with E-state index < -0.39 is 15.5 Å². The van der Waals surface area contributed by atoms with Crippen molar-refractivity contribution in [2.75, 3.05) is 16.7 Å². The van der Waals surface area contributed by atoms with Crippen LogP contribution in [0.5, 0.6) is 11.5 Å². The normalized spacial score (nSPS) is 11.4. The molecule has 0 saturated heterocycles. The topological polar surface area (TPSA) is 112 Å². The number of para-hydroxylation sites is 1. The minimum absolute atomic E-state index is 0.0760. The van der Waals surface area contributed by atoms with E-state index in [-0.39, 0.29) is 32.8 Å². The van der Waals surface area contributed by atoms with Crippen molar-refractivity contribution in [2.24, 2.45) is 0 Å². The van der Waals surface area contributed by atoms with Gasteiger partial charge in [-0.25, -0.2) is 8.42 Å². The van der Waals surface area contributed by atoms with Gasteiger partial charge in [0.2, 0.25) is 15.5 Å². The highest BCUT2D eigenvalue weighted by Crippen LogP contribution is 2.35. The molecular weight excluding hydrogens is 412 g/mol. The summed E-state index contributed by atoms with van der Waals surface area (Å²) in [6.45, 7) is 0. The van der Waals surface area contributed by atoms with E-state index in [4.69, 9.17) is 14.9 Å². The molecule has 0 unspecified atom stereocenters. The average Bonchev–Trinajstić information content (AvgIpc) is 2.54. The molecule has 0 aliphatic heterocycles. The first-order valence-corrected chi connectivity index (χ1v) is 9.69. The van der Waals surface area contributed by atoms with E-state index in [0.717, 1.165) is 6.26 Å². The molecule has 1 aromatic heterocycles. The van der Waals surface area contributed by atoms with Gasteiger partial charge in [0.15, 0.2) is 10.4 Å². The van der Waals surface area contributed by atoms with Gasteiger partial charge in [0, 0.05) is 6.07 Å². The third kappa shape index (κ3) is 3.77. The van der Waals surface area contributed by atoms with E-state index in [1.165, 1.54) is 12.1 Å². The Morgan fingerprint density at radius 2 is 1.88 bits per heavy atom. The molecule has 9 heteroatoms. The van der Waals surface area contributed by atoms with Gasteiger partial charge in [0.05, 0.1) is 17.3 Å². The number of hydrogen-bond acceptors (Lipinski definition) is 6. The summed E-state index contributed by atoms with van der Waals surface area (Å²) in [5.74, 6) is 0.631. The fourth-order valence-electron chi connectivity index (χ4n) is 2.19. The van der Waals surface area contributed by atoms with Crippen molar-refractivity contribution in [3.05, 3.63) is 57.4 Å². The van der Waals surface area contributed by atoms with Crippen LogP contribution >= 0.6 is 15.9 Å². The summed E-state index contributed by atoms with van der Waals surface area (Å²) >= 11 is 3.06. The van der Waals surface area contributed by atoms with Crippen molar-refractivity contribution < 1.29 is 17.6 Å². The highest BCUT2D eigenvalue weighted by atomic mass is 79.9. The van der Waals surface area contributed by atoms with Gasteiger partial charge in [0.1, 0.15) is 17.0 Å². The number of halogens is 1. The van der Waals surface area contributed by atoms with E-state index in [1.54, 1.807) is 24.3 Å². The predicted molar refractivity (Wildman–Crippen MR) is 99.6 cm³/mol. The molecule has 0 aliphatic carbocycles. The SMILES string of the molecule is CS(=O)(=O)Nc1cc2oc(Br)c(N)c(=O)c2cc1Oc1ccccc1. The molecule has 0 radical (unpaired) electrons. The summed E-state index contributed by atoms with van der Waals surface area (Å²) in [5, 5.41) is 0.172. The third-order valence-electron chi connectivity index (χ3n) is 3.25. The van der Waals surface area contributed by atoms with Gasteiger partial charge >= 0.3 is 0 Å².